The van der Waals surface area contributed by atoms with Crippen LogP contribution in [0.5, 0.6) is 0 Å². The number of nitrogens with two attached hydrogens (primary N) is 1. The molecule has 0 spiro atoms. The Morgan fingerprint density at radius 2 is 2.22 bits per heavy atom. The van der Waals surface area contributed by atoms with E-state index in [0.717, 1.165) is 19.6 Å². The van der Waals surface area contributed by atoms with Crippen LogP contribution in [0.3, 0.4) is 0 Å². The van der Waals surface area contributed by atoms with Crippen LogP contribution in [-0.4, -0.2) is 46.3 Å². The van der Waals surface area contributed by atoms with E-state index in [1.54, 1.807) is 7.05 Å². The Labute approximate surface area is 107 Å². The molecular weight excluding hydrogens is 230 g/mol. The Bertz CT molecular complexity index is 403. The summed E-state index contributed by atoms with van der Waals surface area (Å²) in [5.41, 5.74) is 6.58. The Kier molecular flexibility index (Phi) is 3.86. The summed E-state index contributed by atoms with van der Waals surface area (Å²) in [6.45, 7) is 5.17. The third kappa shape index (κ3) is 2.81. The minimum Gasteiger partial charge on any atom is -0.396 e. The van der Waals surface area contributed by atoms with Crippen LogP contribution in [-0.2, 0) is 7.05 Å². The zero-order chi connectivity index (χ0) is 13.1. The number of carbonyl (C=O) groups is 1. The van der Waals surface area contributed by atoms with Crippen molar-refractivity contribution in [2.75, 3.05) is 25.4 Å². The number of likely N-dealkylation sites (tertiary alicyclic amines) is 1. The minimum atomic E-state index is -0.154. The Morgan fingerprint density at radius 1 is 1.56 bits per heavy atom. The van der Waals surface area contributed by atoms with Gasteiger partial charge in [0.25, 0.3) is 5.91 Å². The van der Waals surface area contributed by atoms with Crippen LogP contribution >= 0.6 is 0 Å². The second-order valence-electron chi connectivity index (χ2n) is 4.95. The number of amides is 1. The predicted octanol–water partition coefficient (Wildman–Crippen LogP) is 0.216. The second kappa shape index (κ2) is 5.39. The van der Waals surface area contributed by atoms with Gasteiger partial charge < -0.3 is 16.0 Å². The molecule has 1 aromatic rings. The molecule has 1 aromatic heterocycles. The minimum absolute atomic E-state index is 0.116. The molecule has 2 heterocycles. The molecule has 100 valence electrons. The van der Waals surface area contributed by atoms with Gasteiger partial charge in [-0.25, -0.2) is 0 Å². The van der Waals surface area contributed by atoms with E-state index >= 15 is 0 Å². The van der Waals surface area contributed by atoms with Crippen molar-refractivity contribution < 1.29 is 4.79 Å². The molecule has 1 aliphatic rings. The van der Waals surface area contributed by atoms with E-state index in [1.807, 2.05) is 6.92 Å². The molecule has 6 heteroatoms. The van der Waals surface area contributed by atoms with Gasteiger partial charge in [-0.3, -0.25) is 9.48 Å². The lowest BCUT2D eigenvalue weighted by Crippen LogP contribution is -2.41. The van der Waals surface area contributed by atoms with Gasteiger partial charge in [-0.1, -0.05) is 0 Å². The Hall–Kier alpha value is -1.56. The molecule has 6 nitrogen and oxygen atoms in total. The highest BCUT2D eigenvalue weighted by Crippen LogP contribution is 2.10. The molecule has 3 N–H and O–H groups in total. The maximum absolute atomic E-state index is 12.1. The van der Waals surface area contributed by atoms with Crippen molar-refractivity contribution in [3.05, 3.63) is 11.9 Å². The number of nitrogens with one attached hydrogen (secondary N) is 1. The summed E-state index contributed by atoms with van der Waals surface area (Å²) in [6.07, 6.45) is 4.02. The third-order valence-corrected chi connectivity index (χ3v) is 3.29. The first kappa shape index (κ1) is 12.9. The normalized spacial score (nSPS) is 17.9. The van der Waals surface area contributed by atoms with Crippen LogP contribution in [0.15, 0.2) is 6.20 Å². The summed E-state index contributed by atoms with van der Waals surface area (Å²) < 4.78 is 1.51. The van der Waals surface area contributed by atoms with Gasteiger partial charge in [0, 0.05) is 19.6 Å². The van der Waals surface area contributed by atoms with E-state index < -0.39 is 0 Å². The second-order valence-corrected chi connectivity index (χ2v) is 4.95. The Morgan fingerprint density at radius 3 is 2.78 bits per heavy atom. The molecule has 0 radical (unpaired) electrons. The Balaban J connectivity index is 1.90. The molecule has 1 amide bonds. The van der Waals surface area contributed by atoms with Gasteiger partial charge in [-0.15, -0.1) is 0 Å². The van der Waals surface area contributed by atoms with Gasteiger partial charge in [0.05, 0.1) is 11.9 Å². The molecule has 0 aromatic carbocycles. The summed E-state index contributed by atoms with van der Waals surface area (Å²) in [6, 6.07) is 0.116. The first-order chi connectivity index (χ1) is 8.58. The van der Waals surface area contributed by atoms with Gasteiger partial charge in [-0.05, 0) is 32.9 Å². The quantitative estimate of drug-likeness (QED) is 0.802. The zero-order valence-electron chi connectivity index (χ0n) is 11.0. The zero-order valence-corrected chi connectivity index (χ0v) is 11.0. The van der Waals surface area contributed by atoms with Crippen LogP contribution < -0.4 is 11.1 Å². The highest BCUT2D eigenvalue weighted by atomic mass is 16.2. The lowest BCUT2D eigenvalue weighted by molar-refractivity contribution is 0.0923. The number of aromatic nitrogens is 2. The topological polar surface area (TPSA) is 76.2 Å². The number of nitrogens with zero attached hydrogens (tertiary/aromatic N) is 3. The number of hydrogen-bond donors (Lipinski definition) is 2. The van der Waals surface area contributed by atoms with E-state index in [9.17, 15) is 4.79 Å². The van der Waals surface area contributed by atoms with Crippen LogP contribution in [0.1, 0.15) is 30.3 Å². The molecule has 1 fully saturated rings. The molecule has 18 heavy (non-hydrogen) atoms. The highest BCUT2D eigenvalue weighted by Gasteiger charge is 2.19. The average Bonchev–Trinajstić information content (AvgIpc) is 2.89. The first-order valence-electron chi connectivity index (χ1n) is 6.38. The number of carbonyl (C=O) groups excluding carboxylic acids is 1. The van der Waals surface area contributed by atoms with E-state index in [1.165, 1.54) is 23.7 Å². The van der Waals surface area contributed by atoms with Crippen molar-refractivity contribution in [2.24, 2.45) is 7.05 Å². The van der Waals surface area contributed by atoms with E-state index in [0.29, 0.717) is 11.4 Å². The molecule has 0 bridgehead atoms. The first-order valence-corrected chi connectivity index (χ1v) is 6.38. The highest BCUT2D eigenvalue weighted by molar-refractivity contribution is 5.97. The summed E-state index contributed by atoms with van der Waals surface area (Å²) in [4.78, 5) is 14.4. The summed E-state index contributed by atoms with van der Waals surface area (Å²) in [5, 5.41) is 6.94. The lowest BCUT2D eigenvalue weighted by Gasteiger charge is -2.21. The summed E-state index contributed by atoms with van der Waals surface area (Å²) in [7, 11) is 1.72. The fraction of sp³-hybridized carbons (Fsp3) is 0.667. The molecule has 1 atom stereocenters. The van der Waals surface area contributed by atoms with Crippen LogP contribution in [0.2, 0.25) is 0 Å². The van der Waals surface area contributed by atoms with Crippen molar-refractivity contribution >= 4 is 11.6 Å². The summed E-state index contributed by atoms with van der Waals surface area (Å²) in [5.74, 6) is -0.154. The molecular formula is C12H21N5O. The van der Waals surface area contributed by atoms with E-state index in [-0.39, 0.29) is 11.9 Å². The van der Waals surface area contributed by atoms with Crippen molar-refractivity contribution in [1.29, 1.82) is 0 Å². The molecule has 0 aliphatic carbocycles. The van der Waals surface area contributed by atoms with Gasteiger partial charge in [0.15, 0.2) is 0 Å². The van der Waals surface area contributed by atoms with Gasteiger partial charge in [0.2, 0.25) is 0 Å². The smallest absolute Gasteiger partial charge is 0.271 e. The SMILES string of the molecule is CC(CN1CCCC1)NC(=O)c1c(N)cnn1C. The molecule has 1 aliphatic heterocycles. The molecule has 1 saturated heterocycles. The molecule has 1 unspecified atom stereocenters. The third-order valence-electron chi connectivity index (χ3n) is 3.29. The fourth-order valence-electron chi connectivity index (χ4n) is 2.42. The number of anilines is 1. The lowest BCUT2D eigenvalue weighted by atomic mass is 10.2. The van der Waals surface area contributed by atoms with Gasteiger partial charge in [0.1, 0.15) is 5.69 Å². The van der Waals surface area contributed by atoms with Crippen LogP contribution in [0, 0.1) is 0 Å². The number of rotatable bonds is 4. The van der Waals surface area contributed by atoms with Gasteiger partial charge >= 0.3 is 0 Å². The van der Waals surface area contributed by atoms with Crippen molar-refractivity contribution in [2.45, 2.75) is 25.8 Å². The van der Waals surface area contributed by atoms with Crippen LogP contribution in [0.25, 0.3) is 0 Å². The van der Waals surface area contributed by atoms with Gasteiger partial charge in [-0.2, -0.15) is 5.10 Å². The van der Waals surface area contributed by atoms with Crippen LogP contribution in [0.4, 0.5) is 5.69 Å². The summed E-state index contributed by atoms with van der Waals surface area (Å²) >= 11 is 0. The predicted molar refractivity (Wildman–Crippen MR) is 70.2 cm³/mol. The largest absolute Gasteiger partial charge is 0.396 e. The monoisotopic (exact) mass is 251 g/mol. The maximum atomic E-state index is 12.1. The van der Waals surface area contributed by atoms with E-state index in [4.69, 9.17) is 5.73 Å². The average molecular weight is 251 g/mol. The standard InChI is InChI=1S/C12H21N5O/c1-9(8-17-5-3-4-6-17)15-12(18)11-10(13)7-14-16(11)2/h7,9H,3-6,8,13H2,1-2H3,(H,15,18). The van der Waals surface area contributed by atoms with Crippen molar-refractivity contribution in [3.63, 3.8) is 0 Å². The van der Waals surface area contributed by atoms with Crippen molar-refractivity contribution in [3.8, 4) is 0 Å². The number of aryl methyl sites for hydroxylation is 1. The molecule has 2 rings (SSSR count). The van der Waals surface area contributed by atoms with E-state index in [2.05, 4.69) is 15.3 Å². The maximum Gasteiger partial charge on any atom is 0.271 e. The molecule has 0 saturated carbocycles. The number of hydrogen-bond acceptors (Lipinski definition) is 4. The fourth-order valence-corrected chi connectivity index (χ4v) is 2.42. The van der Waals surface area contributed by atoms with Crippen molar-refractivity contribution in [1.82, 2.24) is 20.0 Å². The number of nitrogen functional groups attached to an aromatic ring is 1.